The molecule has 0 fully saturated rings. The molecule has 0 aromatic heterocycles. The van der Waals surface area contributed by atoms with Gasteiger partial charge in [-0.15, -0.1) is 0 Å². The molecule has 0 saturated heterocycles. The van der Waals surface area contributed by atoms with Gasteiger partial charge in [0.25, 0.3) is 0 Å². The Morgan fingerprint density at radius 3 is 2.30 bits per heavy atom. The predicted molar refractivity (Wildman–Crippen MR) is 133 cm³/mol. The quantitative estimate of drug-likeness (QED) is 0.203. The lowest BCUT2D eigenvalue weighted by Gasteiger charge is -2.20. The summed E-state index contributed by atoms with van der Waals surface area (Å²) >= 11 is 0. The van der Waals surface area contributed by atoms with Crippen LogP contribution in [0.3, 0.4) is 0 Å². The van der Waals surface area contributed by atoms with E-state index in [1.165, 1.54) is 0 Å². The molecule has 1 amide bonds. The summed E-state index contributed by atoms with van der Waals surface area (Å²) in [5.74, 6) is -0.421. The van der Waals surface area contributed by atoms with Crippen LogP contribution in [0.25, 0.3) is 10.8 Å². The molecule has 3 rings (SSSR count). The fourth-order valence-corrected chi connectivity index (χ4v) is 3.73. The summed E-state index contributed by atoms with van der Waals surface area (Å²) in [6.45, 7) is 0.383. The average Bonchev–Trinajstić information content (AvgIpc) is 2.81. The molecule has 7 nitrogen and oxygen atoms in total. The van der Waals surface area contributed by atoms with E-state index < -0.39 is 12.1 Å². The van der Waals surface area contributed by atoms with Crippen molar-refractivity contribution in [3.8, 4) is 0 Å². The molecule has 3 aromatic carbocycles. The topological polar surface area (TPSA) is 137 Å². The Hall–Kier alpha value is -3.71. The van der Waals surface area contributed by atoms with Gasteiger partial charge in [0.05, 0.1) is 12.1 Å². The van der Waals surface area contributed by atoms with Gasteiger partial charge in [-0.2, -0.15) is 0 Å². The first kappa shape index (κ1) is 23.9. The Balaban J connectivity index is 1.67. The van der Waals surface area contributed by atoms with Gasteiger partial charge in [-0.3, -0.25) is 14.6 Å². The molecule has 0 heterocycles. The number of hydrogen-bond acceptors (Lipinski definition) is 4. The zero-order valence-corrected chi connectivity index (χ0v) is 18.6. The maximum atomic E-state index is 13.2. The fourth-order valence-electron chi connectivity index (χ4n) is 3.73. The highest BCUT2D eigenvalue weighted by Gasteiger charge is 2.24. The van der Waals surface area contributed by atoms with Crippen molar-refractivity contribution >= 4 is 28.4 Å². The number of nitrogens with one attached hydrogen (secondary N) is 1. The van der Waals surface area contributed by atoms with Crippen molar-refractivity contribution in [3.63, 3.8) is 0 Å². The van der Waals surface area contributed by atoms with Gasteiger partial charge in [0.1, 0.15) is 0 Å². The number of benzene rings is 3. The van der Waals surface area contributed by atoms with Crippen LogP contribution >= 0.6 is 0 Å². The van der Waals surface area contributed by atoms with Crippen molar-refractivity contribution in [2.75, 3.05) is 6.54 Å². The van der Waals surface area contributed by atoms with E-state index in [1.54, 1.807) is 0 Å². The van der Waals surface area contributed by atoms with Gasteiger partial charge >= 0.3 is 0 Å². The number of Topliss-reactive ketones (excluding diaryl/α,β-unsaturated/α-hetero) is 1. The smallest absolute Gasteiger partial charge is 0.237 e. The van der Waals surface area contributed by atoms with Crippen LogP contribution in [0.5, 0.6) is 0 Å². The minimum absolute atomic E-state index is 0.00274. The predicted octanol–water partition coefficient (Wildman–Crippen LogP) is 2.06. The second-order valence-electron chi connectivity index (χ2n) is 8.13. The summed E-state index contributed by atoms with van der Waals surface area (Å²) in [6.07, 6.45) is 1.59. The largest absolute Gasteiger partial charge is 0.370 e. The molecule has 2 atom stereocenters. The Labute approximate surface area is 194 Å². The van der Waals surface area contributed by atoms with Crippen LogP contribution < -0.4 is 22.5 Å². The van der Waals surface area contributed by atoms with Crippen molar-refractivity contribution in [3.05, 3.63) is 83.9 Å². The highest BCUT2D eigenvalue weighted by Crippen LogP contribution is 2.17. The van der Waals surface area contributed by atoms with E-state index in [0.29, 0.717) is 25.8 Å². The lowest BCUT2D eigenvalue weighted by molar-refractivity contribution is -0.128. The van der Waals surface area contributed by atoms with E-state index in [9.17, 15) is 9.59 Å². The lowest BCUT2D eigenvalue weighted by Crippen LogP contribution is -2.49. The second-order valence-corrected chi connectivity index (χ2v) is 8.13. The van der Waals surface area contributed by atoms with Gasteiger partial charge in [-0.1, -0.05) is 72.8 Å². The first-order valence-electron chi connectivity index (χ1n) is 11.1. The third-order valence-electron chi connectivity index (χ3n) is 5.48. The highest BCUT2D eigenvalue weighted by atomic mass is 16.2. The number of nitrogens with two attached hydrogens (primary N) is 3. The van der Waals surface area contributed by atoms with Crippen LogP contribution in [0.2, 0.25) is 0 Å². The van der Waals surface area contributed by atoms with Crippen molar-refractivity contribution < 1.29 is 9.59 Å². The minimum atomic E-state index is -0.749. The van der Waals surface area contributed by atoms with E-state index in [0.717, 1.165) is 21.9 Å². The molecule has 0 radical (unpaired) electrons. The number of ketones is 1. The van der Waals surface area contributed by atoms with E-state index >= 15 is 0 Å². The molecule has 33 heavy (non-hydrogen) atoms. The van der Waals surface area contributed by atoms with Crippen LogP contribution in [-0.4, -0.2) is 36.3 Å². The number of carbonyl (C=O) groups excluding carboxylic acids is 2. The van der Waals surface area contributed by atoms with Crippen LogP contribution in [-0.2, 0) is 22.4 Å². The zero-order chi connectivity index (χ0) is 23.6. The molecule has 3 aromatic rings. The molecule has 0 aliphatic heterocycles. The van der Waals surface area contributed by atoms with Crippen LogP contribution in [0, 0.1) is 0 Å². The molecule has 7 N–H and O–H groups in total. The number of aliphatic imine (C=N–C) groups is 1. The van der Waals surface area contributed by atoms with E-state index in [4.69, 9.17) is 17.2 Å². The number of nitrogens with zero attached hydrogens (tertiary/aromatic N) is 1. The molecule has 0 bridgehead atoms. The van der Waals surface area contributed by atoms with E-state index in [1.807, 2.05) is 72.8 Å². The summed E-state index contributed by atoms with van der Waals surface area (Å²) in [4.78, 5) is 29.9. The standard InChI is InChI=1S/C26H31N5O2/c27-22(16-18-7-2-1-3-8-18)25(33)31-23(11-6-14-30-26(28)29)24(32)17-19-12-13-20-9-4-5-10-21(20)15-19/h1-5,7-10,12-13,15,22-23H,6,11,14,16-17,27H2,(H,31,33)(H4,28,29,30). The van der Waals surface area contributed by atoms with Crippen LogP contribution in [0.15, 0.2) is 77.8 Å². The summed E-state index contributed by atoms with van der Waals surface area (Å²) in [7, 11) is 0. The number of guanidine groups is 1. The Morgan fingerprint density at radius 2 is 1.58 bits per heavy atom. The first-order chi connectivity index (χ1) is 15.9. The Bertz CT molecular complexity index is 1110. The lowest BCUT2D eigenvalue weighted by atomic mass is 9.97. The molecular formula is C26H31N5O2. The van der Waals surface area contributed by atoms with Gasteiger partial charge in [-0.05, 0) is 41.2 Å². The maximum Gasteiger partial charge on any atom is 0.237 e. The minimum Gasteiger partial charge on any atom is -0.370 e. The number of fused-ring (bicyclic) bond motifs is 1. The van der Waals surface area contributed by atoms with E-state index in [2.05, 4.69) is 10.3 Å². The van der Waals surface area contributed by atoms with Crippen molar-refractivity contribution in [1.29, 1.82) is 0 Å². The molecule has 0 aliphatic rings. The van der Waals surface area contributed by atoms with Crippen molar-refractivity contribution in [2.45, 2.75) is 37.8 Å². The summed E-state index contributed by atoms with van der Waals surface area (Å²) in [6, 6.07) is 22.1. The number of hydrogen-bond donors (Lipinski definition) is 4. The van der Waals surface area contributed by atoms with E-state index in [-0.39, 0.29) is 24.1 Å². The summed E-state index contributed by atoms with van der Waals surface area (Å²) in [5.41, 5.74) is 18.8. The van der Waals surface area contributed by atoms with Crippen LogP contribution in [0.1, 0.15) is 24.0 Å². The van der Waals surface area contributed by atoms with Gasteiger partial charge < -0.3 is 22.5 Å². The highest BCUT2D eigenvalue weighted by molar-refractivity contribution is 5.93. The second kappa shape index (κ2) is 11.8. The SMILES string of the molecule is NC(N)=NCCCC(NC(=O)C(N)Cc1ccccc1)C(=O)Cc1ccc2ccccc2c1. The monoisotopic (exact) mass is 445 g/mol. The molecule has 172 valence electrons. The van der Waals surface area contributed by atoms with Crippen molar-refractivity contribution in [1.82, 2.24) is 5.32 Å². The van der Waals surface area contributed by atoms with Gasteiger partial charge in [0.2, 0.25) is 5.91 Å². The maximum absolute atomic E-state index is 13.2. The third kappa shape index (κ3) is 7.43. The molecule has 7 heteroatoms. The number of amides is 1. The van der Waals surface area contributed by atoms with Crippen molar-refractivity contribution in [2.24, 2.45) is 22.2 Å². The first-order valence-corrected chi connectivity index (χ1v) is 11.1. The van der Waals surface area contributed by atoms with Gasteiger partial charge in [0.15, 0.2) is 11.7 Å². The fraction of sp³-hybridized carbons (Fsp3) is 0.269. The molecule has 0 aliphatic carbocycles. The molecule has 0 saturated carbocycles. The third-order valence-corrected chi connectivity index (χ3v) is 5.48. The molecule has 0 spiro atoms. The average molecular weight is 446 g/mol. The molecule has 2 unspecified atom stereocenters. The number of rotatable bonds is 11. The van der Waals surface area contributed by atoms with Crippen LogP contribution in [0.4, 0.5) is 0 Å². The normalized spacial score (nSPS) is 12.6. The van der Waals surface area contributed by atoms with Gasteiger partial charge in [0, 0.05) is 13.0 Å². The Morgan fingerprint density at radius 1 is 0.879 bits per heavy atom. The Kier molecular flexibility index (Phi) is 8.55. The summed E-state index contributed by atoms with van der Waals surface area (Å²) < 4.78 is 0. The number of carbonyl (C=O) groups is 2. The molecular weight excluding hydrogens is 414 g/mol. The van der Waals surface area contributed by atoms with Gasteiger partial charge in [-0.25, -0.2) is 0 Å². The zero-order valence-electron chi connectivity index (χ0n) is 18.6. The summed E-state index contributed by atoms with van der Waals surface area (Å²) in [5, 5.41) is 5.04.